The maximum Gasteiger partial charge on any atom is 0.234 e. The van der Waals surface area contributed by atoms with Crippen LogP contribution in [0.3, 0.4) is 0 Å². The van der Waals surface area contributed by atoms with Crippen LogP contribution in [0, 0.1) is 0 Å². The Morgan fingerprint density at radius 2 is 2.21 bits per heavy atom. The van der Waals surface area contributed by atoms with Crippen molar-refractivity contribution in [1.29, 1.82) is 0 Å². The van der Waals surface area contributed by atoms with Gasteiger partial charge in [0.15, 0.2) is 5.82 Å². The highest BCUT2D eigenvalue weighted by molar-refractivity contribution is 5.79. The van der Waals surface area contributed by atoms with Crippen molar-refractivity contribution in [3.63, 3.8) is 0 Å². The Morgan fingerprint density at radius 3 is 2.79 bits per heavy atom. The number of nitrogens with zero attached hydrogens (tertiary/aromatic N) is 2. The Balaban J connectivity index is 2.63. The average Bonchev–Trinajstić information content (AvgIpc) is 2.65. The Morgan fingerprint density at radius 1 is 1.50 bits per heavy atom. The molecule has 0 radical (unpaired) electrons. The molecule has 0 spiro atoms. The van der Waals surface area contributed by atoms with E-state index in [0.717, 1.165) is 6.42 Å². The van der Waals surface area contributed by atoms with Crippen LogP contribution >= 0.6 is 0 Å². The minimum absolute atomic E-state index is 0.129. The first-order valence-electron chi connectivity index (χ1n) is 5.01. The van der Waals surface area contributed by atoms with Gasteiger partial charge in [-0.1, -0.05) is 25.9 Å². The van der Waals surface area contributed by atoms with Crippen molar-refractivity contribution in [2.24, 2.45) is 0 Å². The van der Waals surface area contributed by atoms with Gasteiger partial charge in [0.05, 0.1) is 6.42 Å². The molecule has 4 nitrogen and oxygen atoms in total. The van der Waals surface area contributed by atoms with Gasteiger partial charge < -0.3 is 4.52 Å². The van der Waals surface area contributed by atoms with Crippen LogP contribution in [0.1, 0.15) is 51.2 Å². The van der Waals surface area contributed by atoms with E-state index in [1.165, 1.54) is 0 Å². The zero-order valence-electron chi connectivity index (χ0n) is 8.91. The van der Waals surface area contributed by atoms with Gasteiger partial charge in [-0.15, -0.1) is 0 Å². The van der Waals surface area contributed by atoms with Crippen LogP contribution in [0.4, 0.5) is 0 Å². The molecular formula is C10H16N2O2. The molecule has 1 heterocycles. The first-order valence-corrected chi connectivity index (χ1v) is 5.01. The molecule has 0 aromatic carbocycles. The average molecular weight is 196 g/mol. The first kappa shape index (κ1) is 10.9. The third kappa shape index (κ3) is 2.65. The summed E-state index contributed by atoms with van der Waals surface area (Å²) in [6.07, 6.45) is 1.75. The number of hydrogen-bond acceptors (Lipinski definition) is 4. The second-order valence-electron chi connectivity index (χ2n) is 3.42. The van der Waals surface area contributed by atoms with Gasteiger partial charge in [0, 0.05) is 12.3 Å². The van der Waals surface area contributed by atoms with Crippen molar-refractivity contribution >= 4 is 5.78 Å². The Bertz CT molecular complexity index is 307. The number of aromatic nitrogens is 2. The lowest BCUT2D eigenvalue weighted by Crippen LogP contribution is -2.01. The maximum atomic E-state index is 11.1. The normalized spacial score (nSPS) is 12.8. The van der Waals surface area contributed by atoms with Gasteiger partial charge in [-0.3, -0.25) is 4.79 Å². The second kappa shape index (κ2) is 4.88. The molecule has 0 N–H and O–H groups in total. The second-order valence-corrected chi connectivity index (χ2v) is 3.42. The monoisotopic (exact) mass is 196 g/mol. The molecule has 0 saturated carbocycles. The Labute approximate surface area is 83.7 Å². The van der Waals surface area contributed by atoms with Crippen LogP contribution < -0.4 is 0 Å². The van der Waals surface area contributed by atoms with Crippen molar-refractivity contribution in [3.05, 3.63) is 11.7 Å². The van der Waals surface area contributed by atoms with Crippen LogP contribution in [0.5, 0.6) is 0 Å². The standard InChI is InChI=1S/C10H16N2O2/c1-4-7(3)10-11-9(14-12-10)6-8(13)5-2/h7H,4-6H2,1-3H3. The van der Waals surface area contributed by atoms with Gasteiger partial charge in [-0.05, 0) is 6.42 Å². The largest absolute Gasteiger partial charge is 0.339 e. The summed E-state index contributed by atoms with van der Waals surface area (Å²) in [4.78, 5) is 15.3. The molecule has 14 heavy (non-hydrogen) atoms. The Kier molecular flexibility index (Phi) is 3.80. The smallest absolute Gasteiger partial charge is 0.234 e. The molecular weight excluding hydrogens is 180 g/mol. The number of hydrogen-bond donors (Lipinski definition) is 0. The van der Waals surface area contributed by atoms with Crippen LogP contribution in [0.25, 0.3) is 0 Å². The van der Waals surface area contributed by atoms with E-state index in [1.54, 1.807) is 0 Å². The van der Waals surface area contributed by atoms with E-state index in [9.17, 15) is 4.79 Å². The third-order valence-corrected chi connectivity index (χ3v) is 2.28. The fourth-order valence-corrected chi connectivity index (χ4v) is 1.02. The number of carbonyl (C=O) groups excluding carboxylic acids is 1. The topological polar surface area (TPSA) is 56.0 Å². The summed E-state index contributed by atoms with van der Waals surface area (Å²) >= 11 is 0. The van der Waals surface area contributed by atoms with E-state index in [1.807, 2.05) is 13.8 Å². The molecule has 1 unspecified atom stereocenters. The summed E-state index contributed by atoms with van der Waals surface area (Å²) in [7, 11) is 0. The highest BCUT2D eigenvalue weighted by Gasteiger charge is 2.13. The molecule has 0 aliphatic heterocycles. The number of Topliss-reactive ketones (excluding diaryl/α,β-unsaturated/α-hetero) is 1. The maximum absolute atomic E-state index is 11.1. The highest BCUT2D eigenvalue weighted by Crippen LogP contribution is 2.14. The van der Waals surface area contributed by atoms with Crippen molar-refractivity contribution < 1.29 is 9.32 Å². The van der Waals surface area contributed by atoms with Gasteiger partial charge >= 0.3 is 0 Å². The SMILES string of the molecule is CCC(=O)Cc1nc(C(C)CC)no1. The summed E-state index contributed by atoms with van der Waals surface area (Å²) in [5, 5.41) is 3.84. The Hall–Kier alpha value is -1.19. The number of carbonyl (C=O) groups is 1. The molecule has 1 rings (SSSR count). The van der Waals surface area contributed by atoms with Gasteiger partial charge in [-0.25, -0.2) is 0 Å². The number of rotatable bonds is 5. The molecule has 1 aromatic heterocycles. The lowest BCUT2D eigenvalue weighted by atomic mass is 10.1. The zero-order chi connectivity index (χ0) is 10.6. The molecule has 0 aliphatic carbocycles. The fourth-order valence-electron chi connectivity index (χ4n) is 1.02. The van der Waals surface area contributed by atoms with Gasteiger partial charge in [-0.2, -0.15) is 4.98 Å². The quantitative estimate of drug-likeness (QED) is 0.723. The first-order chi connectivity index (χ1) is 6.67. The molecule has 4 heteroatoms. The predicted molar refractivity (Wildman–Crippen MR) is 52.0 cm³/mol. The van der Waals surface area contributed by atoms with Crippen LogP contribution in [0.15, 0.2) is 4.52 Å². The zero-order valence-corrected chi connectivity index (χ0v) is 8.91. The molecule has 78 valence electrons. The minimum atomic E-state index is 0.129. The van der Waals surface area contributed by atoms with Crippen LogP contribution in [-0.4, -0.2) is 15.9 Å². The van der Waals surface area contributed by atoms with E-state index in [0.29, 0.717) is 24.1 Å². The third-order valence-electron chi connectivity index (χ3n) is 2.28. The number of ketones is 1. The van der Waals surface area contributed by atoms with Gasteiger partial charge in [0.25, 0.3) is 0 Å². The molecule has 1 aromatic rings. The van der Waals surface area contributed by atoms with Crippen molar-refractivity contribution in [3.8, 4) is 0 Å². The highest BCUT2D eigenvalue weighted by atomic mass is 16.5. The molecule has 0 bridgehead atoms. The molecule has 0 aliphatic rings. The molecule has 0 amide bonds. The summed E-state index contributed by atoms with van der Waals surface area (Å²) in [6.45, 7) is 5.93. The van der Waals surface area contributed by atoms with Gasteiger partial charge in [0.2, 0.25) is 5.89 Å². The molecule has 0 fully saturated rings. The molecule has 1 atom stereocenters. The summed E-state index contributed by atoms with van der Waals surface area (Å²) in [6, 6.07) is 0. The lowest BCUT2D eigenvalue weighted by molar-refractivity contribution is -0.118. The molecule has 0 saturated heterocycles. The summed E-state index contributed by atoms with van der Waals surface area (Å²) in [5.41, 5.74) is 0. The predicted octanol–water partition coefficient (Wildman–Crippen LogP) is 2.10. The van der Waals surface area contributed by atoms with Crippen LogP contribution in [0.2, 0.25) is 0 Å². The van der Waals surface area contributed by atoms with E-state index < -0.39 is 0 Å². The van der Waals surface area contributed by atoms with Crippen molar-refractivity contribution in [2.45, 2.75) is 46.0 Å². The fraction of sp³-hybridized carbons (Fsp3) is 0.700. The lowest BCUT2D eigenvalue weighted by Gasteiger charge is -1.98. The van der Waals surface area contributed by atoms with E-state index >= 15 is 0 Å². The van der Waals surface area contributed by atoms with Crippen molar-refractivity contribution in [1.82, 2.24) is 10.1 Å². The van der Waals surface area contributed by atoms with E-state index in [-0.39, 0.29) is 12.2 Å². The van der Waals surface area contributed by atoms with E-state index in [2.05, 4.69) is 17.1 Å². The minimum Gasteiger partial charge on any atom is -0.339 e. The summed E-state index contributed by atoms with van der Waals surface area (Å²) in [5.74, 6) is 1.56. The summed E-state index contributed by atoms with van der Waals surface area (Å²) < 4.78 is 4.98. The van der Waals surface area contributed by atoms with E-state index in [4.69, 9.17) is 4.52 Å². The van der Waals surface area contributed by atoms with Gasteiger partial charge in [0.1, 0.15) is 5.78 Å². The van der Waals surface area contributed by atoms with Crippen molar-refractivity contribution in [2.75, 3.05) is 0 Å². The van der Waals surface area contributed by atoms with Crippen LogP contribution in [-0.2, 0) is 11.2 Å².